The van der Waals surface area contributed by atoms with Crippen molar-refractivity contribution in [3.8, 4) is 0 Å². The number of carboxylic acids is 1. The Morgan fingerprint density at radius 1 is 1.38 bits per heavy atom. The minimum Gasteiger partial charge on any atom is -0.481 e. The number of rotatable bonds is 5. The molecule has 2 amide bonds. The number of carboxylic acid groups (broad SMARTS) is 1. The Labute approximate surface area is 121 Å². The second kappa shape index (κ2) is 6.51. The first-order chi connectivity index (χ1) is 10.0. The monoisotopic (exact) mass is 296 g/mol. The fourth-order valence-corrected chi connectivity index (χ4v) is 2.76. The Morgan fingerprint density at radius 2 is 2.10 bits per heavy atom. The SMILES string of the molecule is CC(NC(=O)NC1(CC(=O)O)CCCCC1)c1nn[nH]n1. The number of hydrogen-bond donors (Lipinski definition) is 4. The molecule has 116 valence electrons. The van der Waals surface area contributed by atoms with E-state index in [1.54, 1.807) is 6.92 Å². The van der Waals surface area contributed by atoms with Gasteiger partial charge in [-0.3, -0.25) is 4.79 Å². The molecular formula is C12H20N6O3. The summed E-state index contributed by atoms with van der Waals surface area (Å²) in [6.45, 7) is 1.73. The van der Waals surface area contributed by atoms with Crippen LogP contribution in [-0.2, 0) is 4.79 Å². The highest BCUT2D eigenvalue weighted by Crippen LogP contribution is 2.31. The van der Waals surface area contributed by atoms with Gasteiger partial charge in [0.05, 0.1) is 18.0 Å². The predicted octanol–water partition coefficient (Wildman–Crippen LogP) is 0.737. The van der Waals surface area contributed by atoms with Crippen LogP contribution in [-0.4, -0.2) is 43.3 Å². The molecule has 9 nitrogen and oxygen atoms in total. The van der Waals surface area contributed by atoms with Gasteiger partial charge < -0.3 is 15.7 Å². The van der Waals surface area contributed by atoms with Crippen molar-refractivity contribution in [2.45, 2.75) is 57.0 Å². The summed E-state index contributed by atoms with van der Waals surface area (Å²) in [4.78, 5) is 23.2. The summed E-state index contributed by atoms with van der Waals surface area (Å²) in [5, 5.41) is 28.0. The van der Waals surface area contributed by atoms with E-state index in [2.05, 4.69) is 31.3 Å². The average molecular weight is 296 g/mol. The van der Waals surface area contributed by atoms with Crippen molar-refractivity contribution in [1.82, 2.24) is 31.3 Å². The number of urea groups is 1. The van der Waals surface area contributed by atoms with E-state index in [0.29, 0.717) is 18.7 Å². The fraction of sp³-hybridized carbons (Fsp3) is 0.750. The largest absolute Gasteiger partial charge is 0.481 e. The minimum atomic E-state index is -0.900. The summed E-state index contributed by atoms with van der Waals surface area (Å²) in [6.07, 6.45) is 4.23. The van der Waals surface area contributed by atoms with Gasteiger partial charge in [-0.25, -0.2) is 4.79 Å². The molecule has 1 heterocycles. The number of carbonyl (C=O) groups is 2. The molecule has 0 bridgehead atoms. The molecular weight excluding hydrogens is 276 g/mol. The van der Waals surface area contributed by atoms with E-state index in [9.17, 15) is 9.59 Å². The third-order valence-electron chi connectivity index (χ3n) is 3.78. The molecule has 1 aliphatic carbocycles. The van der Waals surface area contributed by atoms with Gasteiger partial charge in [0, 0.05) is 0 Å². The maximum Gasteiger partial charge on any atom is 0.315 e. The molecule has 1 aliphatic rings. The third-order valence-corrected chi connectivity index (χ3v) is 3.78. The van der Waals surface area contributed by atoms with E-state index in [4.69, 9.17) is 5.11 Å². The van der Waals surface area contributed by atoms with E-state index in [1.807, 2.05) is 0 Å². The highest BCUT2D eigenvalue weighted by atomic mass is 16.4. The predicted molar refractivity (Wildman–Crippen MR) is 72.3 cm³/mol. The van der Waals surface area contributed by atoms with Gasteiger partial charge in [-0.1, -0.05) is 24.5 Å². The van der Waals surface area contributed by atoms with Crippen LogP contribution in [0.5, 0.6) is 0 Å². The first-order valence-electron chi connectivity index (χ1n) is 7.05. The number of amides is 2. The zero-order valence-electron chi connectivity index (χ0n) is 11.9. The lowest BCUT2D eigenvalue weighted by Crippen LogP contribution is -2.54. The van der Waals surface area contributed by atoms with Gasteiger partial charge in [0.2, 0.25) is 0 Å². The van der Waals surface area contributed by atoms with Crippen molar-refractivity contribution in [2.75, 3.05) is 0 Å². The summed E-state index contributed by atoms with van der Waals surface area (Å²) in [7, 11) is 0. The molecule has 21 heavy (non-hydrogen) atoms. The van der Waals surface area contributed by atoms with Crippen LogP contribution in [0.3, 0.4) is 0 Å². The van der Waals surface area contributed by atoms with Crippen LogP contribution in [0.2, 0.25) is 0 Å². The zero-order chi connectivity index (χ0) is 15.3. The smallest absolute Gasteiger partial charge is 0.315 e. The molecule has 0 aromatic carbocycles. The zero-order valence-corrected chi connectivity index (χ0v) is 11.9. The number of H-pyrrole nitrogens is 1. The van der Waals surface area contributed by atoms with Gasteiger partial charge in [-0.2, -0.15) is 5.21 Å². The van der Waals surface area contributed by atoms with Crippen LogP contribution in [0.15, 0.2) is 0 Å². The number of hydrogen-bond acceptors (Lipinski definition) is 5. The molecule has 0 spiro atoms. The number of aromatic amines is 1. The van der Waals surface area contributed by atoms with Crippen molar-refractivity contribution in [2.24, 2.45) is 0 Å². The normalized spacial score (nSPS) is 18.7. The number of aliphatic carboxylic acids is 1. The molecule has 1 unspecified atom stereocenters. The molecule has 2 rings (SSSR count). The lowest BCUT2D eigenvalue weighted by Gasteiger charge is -2.37. The van der Waals surface area contributed by atoms with E-state index >= 15 is 0 Å². The molecule has 0 radical (unpaired) electrons. The first kappa shape index (κ1) is 15.2. The number of nitrogens with zero attached hydrogens (tertiary/aromatic N) is 3. The van der Waals surface area contributed by atoms with Gasteiger partial charge in [-0.15, -0.1) is 10.2 Å². The quantitative estimate of drug-likeness (QED) is 0.633. The van der Waals surface area contributed by atoms with Gasteiger partial charge in [0.1, 0.15) is 0 Å². The number of aromatic nitrogens is 4. The summed E-state index contributed by atoms with van der Waals surface area (Å²) >= 11 is 0. The Morgan fingerprint density at radius 3 is 2.67 bits per heavy atom. The fourth-order valence-electron chi connectivity index (χ4n) is 2.76. The Balaban J connectivity index is 1.96. The second-order valence-electron chi connectivity index (χ2n) is 5.50. The van der Waals surface area contributed by atoms with Crippen LogP contribution in [0, 0.1) is 0 Å². The topological polar surface area (TPSA) is 133 Å². The Bertz CT molecular complexity index is 483. The summed E-state index contributed by atoms with van der Waals surface area (Å²) in [6, 6.07) is -0.815. The van der Waals surface area contributed by atoms with Crippen LogP contribution < -0.4 is 10.6 Å². The maximum absolute atomic E-state index is 12.1. The molecule has 1 fully saturated rings. The van der Waals surface area contributed by atoms with Gasteiger partial charge >= 0.3 is 12.0 Å². The van der Waals surface area contributed by atoms with E-state index < -0.39 is 23.6 Å². The third kappa shape index (κ3) is 4.14. The summed E-state index contributed by atoms with van der Waals surface area (Å²) in [5.41, 5.74) is -0.662. The molecule has 0 aliphatic heterocycles. The second-order valence-corrected chi connectivity index (χ2v) is 5.50. The highest BCUT2D eigenvalue weighted by Gasteiger charge is 2.36. The van der Waals surface area contributed by atoms with Crippen LogP contribution in [0.1, 0.15) is 57.3 Å². The van der Waals surface area contributed by atoms with Gasteiger partial charge in [0.15, 0.2) is 5.82 Å². The number of tetrazole rings is 1. The average Bonchev–Trinajstić information content (AvgIpc) is 2.92. The van der Waals surface area contributed by atoms with Crippen LogP contribution in [0.25, 0.3) is 0 Å². The molecule has 0 saturated heterocycles. The van der Waals surface area contributed by atoms with Crippen molar-refractivity contribution in [3.63, 3.8) is 0 Å². The van der Waals surface area contributed by atoms with Crippen LogP contribution in [0.4, 0.5) is 4.79 Å². The maximum atomic E-state index is 12.1. The van der Waals surface area contributed by atoms with Crippen LogP contribution >= 0.6 is 0 Å². The van der Waals surface area contributed by atoms with Crippen molar-refractivity contribution < 1.29 is 14.7 Å². The molecule has 1 saturated carbocycles. The highest BCUT2D eigenvalue weighted by molar-refractivity contribution is 5.77. The summed E-state index contributed by atoms with van der Waals surface area (Å²) in [5.74, 6) is -0.524. The standard InChI is InChI=1S/C12H20N6O3/c1-8(10-15-17-18-16-10)13-11(21)14-12(7-9(19)20)5-3-2-4-6-12/h8H,2-7H2,1H3,(H,19,20)(H2,13,14,21)(H,15,16,17,18). The van der Waals surface area contributed by atoms with E-state index in [-0.39, 0.29) is 6.42 Å². The molecule has 1 aromatic rings. The number of carbonyl (C=O) groups excluding carboxylic acids is 1. The minimum absolute atomic E-state index is 0.0585. The summed E-state index contributed by atoms with van der Waals surface area (Å²) < 4.78 is 0. The number of nitrogens with one attached hydrogen (secondary N) is 3. The van der Waals surface area contributed by atoms with Gasteiger partial charge in [0.25, 0.3) is 0 Å². The van der Waals surface area contributed by atoms with Gasteiger partial charge in [-0.05, 0) is 19.8 Å². The van der Waals surface area contributed by atoms with Crippen molar-refractivity contribution in [3.05, 3.63) is 5.82 Å². The lowest BCUT2D eigenvalue weighted by atomic mass is 9.79. The molecule has 4 N–H and O–H groups in total. The molecule has 1 atom stereocenters. The van der Waals surface area contributed by atoms with Crippen molar-refractivity contribution in [1.29, 1.82) is 0 Å². The van der Waals surface area contributed by atoms with E-state index in [1.165, 1.54) is 0 Å². The lowest BCUT2D eigenvalue weighted by molar-refractivity contribution is -0.139. The molecule has 9 heteroatoms. The van der Waals surface area contributed by atoms with E-state index in [0.717, 1.165) is 19.3 Å². The first-order valence-corrected chi connectivity index (χ1v) is 7.05. The van der Waals surface area contributed by atoms with Crippen molar-refractivity contribution >= 4 is 12.0 Å². The Hall–Kier alpha value is -2.19. The molecule has 1 aromatic heterocycles. The Kier molecular flexibility index (Phi) is 4.71.